The number of hydrogen-bond donors (Lipinski definition) is 2. The van der Waals surface area contributed by atoms with E-state index >= 15 is 0 Å². The maximum atomic E-state index is 11.8. The third-order valence-corrected chi connectivity index (χ3v) is 3.02. The molecule has 0 spiro atoms. The van der Waals surface area contributed by atoms with Crippen molar-refractivity contribution in [3.63, 3.8) is 0 Å². The SMILES string of the molecule is CC(NC(=O)NCc1ccc(C#N)cc1)c1nncn1C. The topological polar surface area (TPSA) is 95.6 Å². The molecule has 0 aliphatic carbocycles. The van der Waals surface area contributed by atoms with Crippen LogP contribution in [0.2, 0.25) is 0 Å². The quantitative estimate of drug-likeness (QED) is 0.883. The van der Waals surface area contributed by atoms with Gasteiger partial charge in [-0.15, -0.1) is 10.2 Å². The van der Waals surface area contributed by atoms with Crippen molar-refractivity contribution < 1.29 is 4.79 Å². The smallest absolute Gasteiger partial charge is 0.315 e. The van der Waals surface area contributed by atoms with Gasteiger partial charge in [-0.1, -0.05) is 12.1 Å². The lowest BCUT2D eigenvalue weighted by Gasteiger charge is -2.13. The second-order valence-electron chi connectivity index (χ2n) is 4.66. The van der Waals surface area contributed by atoms with Crippen LogP contribution in [0.15, 0.2) is 30.6 Å². The second kappa shape index (κ2) is 6.52. The Morgan fingerprint density at radius 3 is 2.71 bits per heavy atom. The molecule has 0 bridgehead atoms. The van der Waals surface area contributed by atoms with Crippen molar-refractivity contribution in [3.8, 4) is 6.07 Å². The number of nitrogens with one attached hydrogen (secondary N) is 2. The zero-order chi connectivity index (χ0) is 15.2. The Hall–Kier alpha value is -2.88. The number of benzene rings is 1. The Bertz CT molecular complexity index is 655. The first-order chi connectivity index (χ1) is 10.1. The predicted molar refractivity (Wildman–Crippen MR) is 75.9 cm³/mol. The minimum Gasteiger partial charge on any atom is -0.334 e. The molecule has 21 heavy (non-hydrogen) atoms. The van der Waals surface area contributed by atoms with Crippen molar-refractivity contribution in [1.29, 1.82) is 5.26 Å². The second-order valence-corrected chi connectivity index (χ2v) is 4.66. The molecule has 0 saturated carbocycles. The van der Waals surface area contributed by atoms with Gasteiger partial charge >= 0.3 is 6.03 Å². The fourth-order valence-corrected chi connectivity index (χ4v) is 1.88. The maximum absolute atomic E-state index is 11.8. The molecular formula is C14H16N6O. The molecule has 7 nitrogen and oxygen atoms in total. The van der Waals surface area contributed by atoms with Crippen LogP contribution in [0.5, 0.6) is 0 Å². The van der Waals surface area contributed by atoms with Gasteiger partial charge in [-0.2, -0.15) is 5.26 Å². The van der Waals surface area contributed by atoms with Crippen LogP contribution in [0.1, 0.15) is 29.9 Å². The summed E-state index contributed by atoms with van der Waals surface area (Å²) in [6, 6.07) is 8.59. The molecule has 2 amide bonds. The minimum atomic E-state index is -0.283. The molecule has 0 aliphatic heterocycles. The van der Waals surface area contributed by atoms with Crippen LogP contribution in [0.25, 0.3) is 0 Å². The summed E-state index contributed by atoms with van der Waals surface area (Å²) in [6.07, 6.45) is 1.59. The Kier molecular flexibility index (Phi) is 4.51. The summed E-state index contributed by atoms with van der Waals surface area (Å²) in [4.78, 5) is 11.8. The summed E-state index contributed by atoms with van der Waals surface area (Å²) in [6.45, 7) is 2.23. The van der Waals surface area contributed by atoms with Gasteiger partial charge in [-0.25, -0.2) is 4.79 Å². The van der Waals surface area contributed by atoms with Crippen LogP contribution in [-0.2, 0) is 13.6 Å². The van der Waals surface area contributed by atoms with Crippen molar-refractivity contribution in [2.75, 3.05) is 0 Å². The average Bonchev–Trinajstić information content (AvgIpc) is 2.92. The molecule has 0 radical (unpaired) electrons. The van der Waals surface area contributed by atoms with Crippen LogP contribution < -0.4 is 10.6 Å². The van der Waals surface area contributed by atoms with Crippen molar-refractivity contribution in [2.24, 2.45) is 7.05 Å². The van der Waals surface area contributed by atoms with Gasteiger partial charge in [0.15, 0.2) is 5.82 Å². The Morgan fingerprint density at radius 1 is 1.43 bits per heavy atom. The summed E-state index contributed by atoms with van der Waals surface area (Å²) in [5.74, 6) is 0.684. The third kappa shape index (κ3) is 3.79. The average molecular weight is 284 g/mol. The number of urea groups is 1. The number of rotatable bonds is 4. The van der Waals surface area contributed by atoms with Gasteiger partial charge < -0.3 is 15.2 Å². The highest BCUT2D eigenvalue weighted by Gasteiger charge is 2.13. The molecule has 2 N–H and O–H groups in total. The Balaban J connectivity index is 1.84. The van der Waals surface area contributed by atoms with Crippen molar-refractivity contribution in [3.05, 3.63) is 47.5 Å². The van der Waals surface area contributed by atoms with E-state index in [9.17, 15) is 4.79 Å². The van der Waals surface area contributed by atoms with Crippen LogP contribution in [0.3, 0.4) is 0 Å². The first-order valence-electron chi connectivity index (χ1n) is 6.47. The van der Waals surface area contributed by atoms with E-state index in [1.165, 1.54) is 0 Å². The number of nitriles is 1. The van der Waals surface area contributed by atoms with E-state index in [0.717, 1.165) is 5.56 Å². The van der Waals surface area contributed by atoms with E-state index in [2.05, 4.69) is 26.9 Å². The van der Waals surface area contributed by atoms with E-state index in [0.29, 0.717) is 17.9 Å². The molecule has 108 valence electrons. The van der Waals surface area contributed by atoms with E-state index < -0.39 is 0 Å². The third-order valence-electron chi connectivity index (χ3n) is 3.02. The lowest BCUT2D eigenvalue weighted by atomic mass is 10.1. The Morgan fingerprint density at radius 2 is 2.14 bits per heavy atom. The molecule has 7 heteroatoms. The molecule has 1 unspecified atom stereocenters. The molecular weight excluding hydrogens is 268 g/mol. The highest BCUT2D eigenvalue weighted by Crippen LogP contribution is 2.07. The number of amides is 2. The predicted octanol–water partition coefficient (Wildman–Crippen LogP) is 1.25. The zero-order valence-electron chi connectivity index (χ0n) is 11.9. The fraction of sp³-hybridized carbons (Fsp3) is 0.286. The summed E-state index contributed by atoms with van der Waals surface area (Å²) < 4.78 is 1.76. The van der Waals surface area contributed by atoms with Gasteiger partial charge in [0, 0.05) is 13.6 Å². The molecule has 1 aromatic heterocycles. The highest BCUT2D eigenvalue weighted by molar-refractivity contribution is 5.74. The number of nitrogens with zero attached hydrogens (tertiary/aromatic N) is 4. The first-order valence-corrected chi connectivity index (χ1v) is 6.47. The van der Waals surface area contributed by atoms with Gasteiger partial charge in [-0.3, -0.25) is 0 Å². The van der Waals surface area contributed by atoms with Crippen LogP contribution in [-0.4, -0.2) is 20.8 Å². The van der Waals surface area contributed by atoms with Crippen molar-refractivity contribution in [1.82, 2.24) is 25.4 Å². The molecule has 0 aliphatic rings. The minimum absolute atomic E-state index is 0.238. The largest absolute Gasteiger partial charge is 0.334 e. The standard InChI is InChI=1S/C14H16N6O/c1-10(13-19-17-9-20(13)2)18-14(21)16-8-12-5-3-11(7-15)4-6-12/h3-6,9-10H,8H2,1-2H3,(H2,16,18,21). The molecule has 2 rings (SSSR count). The normalized spacial score (nSPS) is 11.5. The molecule has 1 atom stereocenters. The van der Waals surface area contributed by atoms with E-state index in [1.54, 1.807) is 23.0 Å². The zero-order valence-corrected chi connectivity index (χ0v) is 11.9. The van der Waals surface area contributed by atoms with Gasteiger partial charge in [0.2, 0.25) is 0 Å². The van der Waals surface area contributed by atoms with Crippen LogP contribution in [0.4, 0.5) is 4.79 Å². The monoisotopic (exact) mass is 284 g/mol. The summed E-state index contributed by atoms with van der Waals surface area (Å²) in [5.41, 5.74) is 1.52. The molecule has 1 heterocycles. The van der Waals surface area contributed by atoms with Crippen LogP contribution in [0, 0.1) is 11.3 Å². The molecule has 2 aromatic rings. The molecule has 0 fully saturated rings. The number of aromatic nitrogens is 3. The van der Waals surface area contributed by atoms with Gasteiger partial charge in [0.25, 0.3) is 0 Å². The first kappa shape index (κ1) is 14.5. The summed E-state index contributed by atoms with van der Waals surface area (Å²) >= 11 is 0. The summed E-state index contributed by atoms with van der Waals surface area (Å²) in [5, 5.41) is 22.0. The Labute approximate surface area is 122 Å². The van der Waals surface area contributed by atoms with E-state index in [1.807, 2.05) is 26.1 Å². The lowest BCUT2D eigenvalue weighted by Crippen LogP contribution is -2.37. The molecule has 0 saturated heterocycles. The molecule has 1 aromatic carbocycles. The van der Waals surface area contributed by atoms with E-state index in [-0.39, 0.29) is 12.1 Å². The highest BCUT2D eigenvalue weighted by atomic mass is 16.2. The van der Waals surface area contributed by atoms with Gasteiger partial charge in [-0.05, 0) is 24.6 Å². The lowest BCUT2D eigenvalue weighted by molar-refractivity contribution is 0.237. The van der Waals surface area contributed by atoms with Gasteiger partial charge in [0.05, 0.1) is 17.7 Å². The number of aryl methyl sites for hydroxylation is 1. The van der Waals surface area contributed by atoms with Crippen molar-refractivity contribution in [2.45, 2.75) is 19.5 Å². The number of hydrogen-bond acceptors (Lipinski definition) is 4. The maximum Gasteiger partial charge on any atom is 0.315 e. The fourth-order valence-electron chi connectivity index (χ4n) is 1.88. The number of carbonyl (C=O) groups is 1. The van der Waals surface area contributed by atoms with E-state index in [4.69, 9.17) is 5.26 Å². The van der Waals surface area contributed by atoms with Gasteiger partial charge in [0.1, 0.15) is 6.33 Å². The summed E-state index contributed by atoms with van der Waals surface area (Å²) in [7, 11) is 1.82. The van der Waals surface area contributed by atoms with Crippen molar-refractivity contribution >= 4 is 6.03 Å². The van der Waals surface area contributed by atoms with Crippen LogP contribution >= 0.6 is 0 Å². The number of carbonyl (C=O) groups excluding carboxylic acids is 1.